The lowest BCUT2D eigenvalue weighted by Gasteiger charge is -2.51. The lowest BCUT2D eigenvalue weighted by Crippen LogP contribution is -2.65. The van der Waals surface area contributed by atoms with E-state index in [4.69, 9.17) is 14.6 Å². The average Bonchev–Trinajstić information content (AvgIpc) is 3.61. The molecule has 39 heavy (non-hydrogen) atoms. The minimum Gasteiger partial charge on any atom is -0.477 e. The zero-order valence-corrected chi connectivity index (χ0v) is 21.9. The first-order chi connectivity index (χ1) is 19.1. The van der Waals surface area contributed by atoms with E-state index in [1.54, 1.807) is 23.0 Å². The maximum atomic E-state index is 13.2. The number of anilines is 1. The Morgan fingerprint density at radius 2 is 2.10 bits per heavy atom. The van der Waals surface area contributed by atoms with Gasteiger partial charge in [0.15, 0.2) is 0 Å². The van der Waals surface area contributed by atoms with Crippen LogP contribution in [0.3, 0.4) is 0 Å². The number of nitrogens with zero attached hydrogens (tertiary/aromatic N) is 6. The third-order valence-corrected chi connectivity index (χ3v) is 8.95. The molecule has 0 unspecified atom stereocenters. The van der Waals surface area contributed by atoms with Crippen LogP contribution in [0.25, 0.3) is 37.2 Å². The number of aromatic amines is 1. The van der Waals surface area contributed by atoms with Crippen molar-refractivity contribution in [3.05, 3.63) is 35.0 Å². The summed E-state index contributed by atoms with van der Waals surface area (Å²) in [4.78, 5) is 37.1. The molecule has 2 N–H and O–H groups in total. The minimum absolute atomic E-state index is 0.0564. The third kappa shape index (κ3) is 3.75. The first kappa shape index (κ1) is 23.1. The van der Waals surface area contributed by atoms with Gasteiger partial charge in [-0.1, -0.05) is 0 Å². The van der Waals surface area contributed by atoms with Gasteiger partial charge in [0, 0.05) is 38.9 Å². The van der Waals surface area contributed by atoms with E-state index in [2.05, 4.69) is 25.3 Å². The van der Waals surface area contributed by atoms with Crippen LogP contribution in [0, 0.1) is 0 Å². The number of aromatic nitrogens is 6. The fourth-order valence-electron chi connectivity index (χ4n) is 6.02. The molecule has 200 valence electrons. The molecule has 5 aromatic rings. The Hall–Kier alpha value is -3.81. The van der Waals surface area contributed by atoms with Crippen LogP contribution < -0.4 is 15.6 Å². The Kier molecular flexibility index (Phi) is 5.09. The van der Waals surface area contributed by atoms with E-state index < -0.39 is 0 Å². The molecule has 3 aliphatic heterocycles. The van der Waals surface area contributed by atoms with E-state index in [1.807, 2.05) is 10.9 Å². The van der Waals surface area contributed by atoms with Gasteiger partial charge in [0.25, 0.3) is 5.56 Å². The van der Waals surface area contributed by atoms with Gasteiger partial charge in [0.2, 0.25) is 11.8 Å². The van der Waals surface area contributed by atoms with E-state index in [-0.39, 0.29) is 17.1 Å². The van der Waals surface area contributed by atoms with Gasteiger partial charge in [0.1, 0.15) is 21.3 Å². The van der Waals surface area contributed by atoms with E-state index in [1.165, 1.54) is 17.8 Å². The predicted octanol–water partition coefficient (Wildman–Crippen LogP) is 2.62. The number of carbonyl (C=O) groups excluding carboxylic acids is 1. The van der Waals surface area contributed by atoms with Crippen LogP contribution >= 0.6 is 11.3 Å². The van der Waals surface area contributed by atoms with E-state index in [0.29, 0.717) is 40.8 Å². The molecule has 3 aliphatic rings. The summed E-state index contributed by atoms with van der Waals surface area (Å²) >= 11 is 1.47. The molecule has 2 fully saturated rings. The van der Waals surface area contributed by atoms with Crippen molar-refractivity contribution < 1.29 is 14.3 Å². The molecule has 0 aliphatic carbocycles. The summed E-state index contributed by atoms with van der Waals surface area (Å²) in [6.07, 6.45) is 9.60. The monoisotopic (exact) mass is 546 g/mol. The summed E-state index contributed by atoms with van der Waals surface area (Å²) in [6, 6.07) is 1.73. The molecular weight excluding hydrogens is 520 g/mol. The van der Waals surface area contributed by atoms with Gasteiger partial charge >= 0.3 is 0 Å². The number of thiazole rings is 1. The zero-order chi connectivity index (χ0) is 26.1. The van der Waals surface area contributed by atoms with E-state index >= 15 is 0 Å². The van der Waals surface area contributed by atoms with Crippen LogP contribution in [0.15, 0.2) is 29.5 Å². The van der Waals surface area contributed by atoms with Gasteiger partial charge in [-0.3, -0.25) is 19.5 Å². The highest BCUT2D eigenvalue weighted by Gasteiger charge is 2.45. The van der Waals surface area contributed by atoms with Gasteiger partial charge in [-0.25, -0.2) is 9.20 Å². The smallest absolute Gasteiger partial charge is 0.261 e. The van der Waals surface area contributed by atoms with Crippen LogP contribution in [-0.2, 0) is 16.1 Å². The quantitative estimate of drug-likeness (QED) is 0.352. The van der Waals surface area contributed by atoms with Gasteiger partial charge in [-0.2, -0.15) is 10.2 Å². The topological polar surface area (TPSA) is 132 Å². The van der Waals surface area contributed by atoms with Gasteiger partial charge in [-0.05, 0) is 25.3 Å². The Labute approximate surface area is 225 Å². The van der Waals surface area contributed by atoms with Crippen LogP contribution in [0.2, 0.25) is 0 Å². The number of nitrogens with one attached hydrogen (secondary N) is 2. The Morgan fingerprint density at radius 1 is 1.18 bits per heavy atom. The number of pyridine rings is 2. The van der Waals surface area contributed by atoms with Crippen LogP contribution in [0.4, 0.5) is 5.69 Å². The highest BCUT2D eigenvalue weighted by molar-refractivity contribution is 7.21. The van der Waals surface area contributed by atoms with Crippen LogP contribution in [-0.4, -0.2) is 78.6 Å². The van der Waals surface area contributed by atoms with Crippen molar-refractivity contribution in [3.63, 3.8) is 0 Å². The number of aryl methyl sites for hydroxylation is 1. The third-order valence-electron chi connectivity index (χ3n) is 7.82. The van der Waals surface area contributed by atoms with Crippen molar-refractivity contribution in [1.29, 1.82) is 0 Å². The van der Waals surface area contributed by atoms with Crippen molar-refractivity contribution in [3.8, 4) is 16.3 Å². The molecule has 1 spiro atoms. The number of rotatable bonds is 4. The maximum Gasteiger partial charge on any atom is 0.261 e. The number of H-pyrrole nitrogens is 1. The molecule has 0 aromatic carbocycles. The molecule has 13 heteroatoms. The standard InChI is InChI=1S/C26H26N8O4S/c35-19(12-32-13-26(14-32)4-1-2-7-38-26)29-15-8-17-21(27-9-15)22-20(23(36)30-17)25-34(31-22)11-18(39-25)16-10-28-33-5-3-6-37-24(16)33/h8-11H,1-7,12-14H2,(H,29,35)(H,30,36). The summed E-state index contributed by atoms with van der Waals surface area (Å²) in [6.45, 7) is 4.18. The number of hydrogen-bond acceptors (Lipinski definition) is 9. The number of carbonyl (C=O) groups is 1. The molecule has 2 saturated heterocycles. The summed E-state index contributed by atoms with van der Waals surface area (Å²) in [7, 11) is 0. The largest absolute Gasteiger partial charge is 0.477 e. The van der Waals surface area contributed by atoms with Crippen molar-refractivity contribution >= 4 is 49.7 Å². The summed E-state index contributed by atoms with van der Waals surface area (Å²) < 4.78 is 15.4. The molecule has 0 radical (unpaired) electrons. The number of ether oxygens (including phenoxy) is 2. The second-order valence-electron chi connectivity index (χ2n) is 10.6. The highest BCUT2D eigenvalue weighted by Crippen LogP contribution is 2.38. The fourth-order valence-corrected chi connectivity index (χ4v) is 7.11. The van der Waals surface area contributed by atoms with Crippen LogP contribution in [0.1, 0.15) is 25.7 Å². The predicted molar refractivity (Wildman–Crippen MR) is 145 cm³/mol. The molecule has 5 aromatic heterocycles. The molecule has 0 bridgehead atoms. The number of fused-ring (bicyclic) bond motifs is 6. The second kappa shape index (κ2) is 8.60. The zero-order valence-electron chi connectivity index (χ0n) is 21.1. The lowest BCUT2D eigenvalue weighted by atomic mass is 9.86. The summed E-state index contributed by atoms with van der Waals surface area (Å²) in [5.41, 5.74) is 2.74. The molecule has 12 nitrogen and oxygen atoms in total. The fraction of sp³-hybridized carbons (Fsp3) is 0.423. The van der Waals surface area contributed by atoms with Crippen molar-refractivity contribution in [1.82, 2.24) is 34.3 Å². The van der Waals surface area contributed by atoms with E-state index in [0.717, 1.165) is 66.7 Å². The normalized spacial score (nSPS) is 18.9. The second-order valence-corrected chi connectivity index (χ2v) is 11.6. The molecule has 8 heterocycles. The highest BCUT2D eigenvalue weighted by atomic mass is 32.1. The van der Waals surface area contributed by atoms with Crippen LogP contribution in [0.5, 0.6) is 5.88 Å². The summed E-state index contributed by atoms with van der Waals surface area (Å²) in [5, 5.41) is 12.5. The maximum absolute atomic E-state index is 13.2. The molecule has 0 atom stereocenters. The van der Waals surface area contributed by atoms with Crippen molar-refractivity contribution in [2.24, 2.45) is 0 Å². The Morgan fingerprint density at radius 3 is 2.97 bits per heavy atom. The molecule has 8 rings (SSSR count). The van der Waals surface area contributed by atoms with Crippen molar-refractivity contribution in [2.75, 3.05) is 38.2 Å². The number of likely N-dealkylation sites (tertiary alicyclic amines) is 1. The minimum atomic E-state index is -0.252. The first-order valence-corrected chi connectivity index (χ1v) is 14.1. The molecular formula is C26H26N8O4S. The summed E-state index contributed by atoms with van der Waals surface area (Å²) in [5.74, 6) is 0.633. The Balaban J connectivity index is 1.05. The van der Waals surface area contributed by atoms with Crippen molar-refractivity contribution in [2.45, 2.75) is 37.8 Å². The SMILES string of the molecule is O=C(CN1CC2(CCCCO2)C1)Nc1cnc2c(c1)[nH]c(=O)c1c2nn2cc(-c3cnn4c3OCCC4)sc12. The van der Waals surface area contributed by atoms with Gasteiger partial charge in [0.05, 0.1) is 52.8 Å². The van der Waals surface area contributed by atoms with E-state index in [9.17, 15) is 9.59 Å². The number of hydrogen-bond donors (Lipinski definition) is 2. The van der Waals surface area contributed by atoms with Gasteiger partial charge in [-0.15, -0.1) is 11.3 Å². The lowest BCUT2D eigenvalue weighted by molar-refractivity contribution is -0.167. The molecule has 0 saturated carbocycles. The molecule has 1 amide bonds. The first-order valence-electron chi connectivity index (χ1n) is 13.2. The van der Waals surface area contributed by atoms with Gasteiger partial charge < -0.3 is 19.8 Å². The number of amides is 1. The Bertz CT molecular complexity index is 1820. The average molecular weight is 547 g/mol.